The van der Waals surface area contributed by atoms with Crippen LogP contribution in [0.25, 0.3) is 0 Å². The SMILES string of the molecule is C[C@H](Sc1nncn1C)c1ccc(F)c(N2Cc3c(cccc3C(F)(F)F)C2=O)c1. The van der Waals surface area contributed by atoms with Gasteiger partial charge >= 0.3 is 6.18 Å². The molecule has 1 aromatic heterocycles. The van der Waals surface area contributed by atoms with E-state index in [9.17, 15) is 22.4 Å². The lowest BCUT2D eigenvalue weighted by Crippen LogP contribution is -2.24. The largest absolute Gasteiger partial charge is 0.416 e. The number of carbonyl (C=O) groups is 1. The summed E-state index contributed by atoms with van der Waals surface area (Å²) in [4.78, 5) is 13.8. The summed E-state index contributed by atoms with van der Waals surface area (Å²) in [6.45, 7) is 1.55. The van der Waals surface area contributed by atoms with Crippen molar-refractivity contribution in [3.63, 3.8) is 0 Å². The lowest BCUT2D eigenvalue weighted by Gasteiger charge is -2.20. The van der Waals surface area contributed by atoms with Crippen molar-refractivity contribution in [3.05, 3.63) is 70.8 Å². The molecule has 10 heteroatoms. The lowest BCUT2D eigenvalue weighted by atomic mass is 10.0. The first-order chi connectivity index (χ1) is 14.2. The maximum atomic E-state index is 14.6. The first-order valence-corrected chi connectivity index (χ1v) is 9.86. The normalized spacial score (nSPS) is 14.9. The second-order valence-corrected chi connectivity index (χ2v) is 8.22. The number of hydrogen-bond acceptors (Lipinski definition) is 4. The Balaban J connectivity index is 1.67. The molecule has 1 aliphatic heterocycles. The Hall–Kier alpha value is -2.88. The molecule has 0 N–H and O–H groups in total. The maximum Gasteiger partial charge on any atom is 0.416 e. The highest BCUT2D eigenvalue weighted by atomic mass is 32.2. The van der Waals surface area contributed by atoms with E-state index in [1.165, 1.54) is 36.0 Å². The average molecular weight is 436 g/mol. The minimum Gasteiger partial charge on any atom is -0.312 e. The maximum absolute atomic E-state index is 14.6. The summed E-state index contributed by atoms with van der Waals surface area (Å²) in [5.74, 6) is -1.33. The van der Waals surface area contributed by atoms with E-state index < -0.39 is 23.5 Å². The second-order valence-electron chi connectivity index (χ2n) is 6.92. The summed E-state index contributed by atoms with van der Waals surface area (Å²) in [5, 5.41) is 8.32. The van der Waals surface area contributed by atoms with Crippen molar-refractivity contribution in [2.45, 2.75) is 30.1 Å². The zero-order valence-corrected chi connectivity index (χ0v) is 16.8. The highest BCUT2D eigenvalue weighted by molar-refractivity contribution is 7.99. The number of rotatable bonds is 4. The molecule has 0 fully saturated rings. The molecule has 0 saturated heterocycles. The number of anilines is 1. The van der Waals surface area contributed by atoms with E-state index in [2.05, 4.69) is 10.2 Å². The van der Waals surface area contributed by atoms with Crippen LogP contribution in [0.5, 0.6) is 0 Å². The molecule has 3 aromatic rings. The van der Waals surface area contributed by atoms with Crippen LogP contribution in [0.4, 0.5) is 23.2 Å². The summed E-state index contributed by atoms with van der Waals surface area (Å²) in [6, 6.07) is 7.76. The Kier molecular flexibility index (Phi) is 5.05. The highest BCUT2D eigenvalue weighted by Crippen LogP contribution is 2.40. The summed E-state index contributed by atoms with van der Waals surface area (Å²) in [6.07, 6.45) is -3.03. The van der Waals surface area contributed by atoms with Crippen LogP contribution in [-0.4, -0.2) is 20.7 Å². The molecular formula is C20H16F4N4OS. The van der Waals surface area contributed by atoms with Gasteiger partial charge in [-0.1, -0.05) is 23.9 Å². The number of alkyl halides is 3. The van der Waals surface area contributed by atoms with E-state index in [1.54, 1.807) is 24.0 Å². The van der Waals surface area contributed by atoms with Gasteiger partial charge in [-0.15, -0.1) is 10.2 Å². The van der Waals surface area contributed by atoms with Crippen molar-refractivity contribution in [1.82, 2.24) is 14.8 Å². The molecule has 0 saturated carbocycles. The lowest BCUT2D eigenvalue weighted by molar-refractivity contribution is -0.138. The van der Waals surface area contributed by atoms with Gasteiger partial charge in [-0.3, -0.25) is 4.79 Å². The Morgan fingerprint density at radius 2 is 1.97 bits per heavy atom. The number of hydrogen-bond donors (Lipinski definition) is 0. The van der Waals surface area contributed by atoms with Crippen LogP contribution >= 0.6 is 11.8 Å². The molecule has 0 spiro atoms. The monoisotopic (exact) mass is 436 g/mol. The van der Waals surface area contributed by atoms with E-state index in [0.29, 0.717) is 10.7 Å². The number of nitrogens with zero attached hydrogens (tertiary/aromatic N) is 4. The molecule has 5 nitrogen and oxygen atoms in total. The van der Waals surface area contributed by atoms with Gasteiger partial charge in [-0.25, -0.2) is 4.39 Å². The third-order valence-electron chi connectivity index (χ3n) is 4.96. The van der Waals surface area contributed by atoms with Crippen molar-refractivity contribution in [3.8, 4) is 0 Å². The number of thioether (sulfide) groups is 1. The topological polar surface area (TPSA) is 51.0 Å². The van der Waals surface area contributed by atoms with Crippen molar-refractivity contribution in [2.24, 2.45) is 7.05 Å². The van der Waals surface area contributed by atoms with Crippen LogP contribution in [0.2, 0.25) is 0 Å². The Morgan fingerprint density at radius 1 is 1.20 bits per heavy atom. The summed E-state index contributed by atoms with van der Waals surface area (Å²) < 4.78 is 56.4. The van der Waals surface area contributed by atoms with E-state index >= 15 is 0 Å². The number of aryl methyl sites for hydroxylation is 1. The van der Waals surface area contributed by atoms with E-state index in [0.717, 1.165) is 11.0 Å². The quantitative estimate of drug-likeness (QED) is 0.427. The number of benzene rings is 2. The first kappa shape index (κ1) is 20.4. The molecule has 0 radical (unpaired) electrons. The predicted molar refractivity (Wildman–Crippen MR) is 104 cm³/mol. The van der Waals surface area contributed by atoms with E-state index in [4.69, 9.17) is 0 Å². The van der Waals surface area contributed by atoms with Crippen LogP contribution in [0, 0.1) is 5.82 Å². The molecule has 2 heterocycles. The molecule has 1 atom stereocenters. The number of aromatic nitrogens is 3. The molecular weight excluding hydrogens is 420 g/mol. The number of amides is 1. The van der Waals surface area contributed by atoms with Crippen LogP contribution in [-0.2, 0) is 19.8 Å². The Morgan fingerprint density at radius 3 is 2.63 bits per heavy atom. The molecule has 1 amide bonds. The summed E-state index contributed by atoms with van der Waals surface area (Å²) in [5.41, 5.74) is -0.414. The zero-order chi connectivity index (χ0) is 21.6. The fourth-order valence-electron chi connectivity index (χ4n) is 3.39. The fourth-order valence-corrected chi connectivity index (χ4v) is 4.29. The van der Waals surface area contributed by atoms with E-state index in [1.807, 2.05) is 6.92 Å². The fraction of sp³-hybridized carbons (Fsp3) is 0.250. The average Bonchev–Trinajstić information content (AvgIpc) is 3.24. The van der Waals surface area contributed by atoms with E-state index in [-0.39, 0.29) is 28.6 Å². The van der Waals surface area contributed by atoms with Crippen LogP contribution < -0.4 is 4.90 Å². The molecule has 0 unspecified atom stereocenters. The van der Waals surface area contributed by atoms with Gasteiger partial charge in [0.25, 0.3) is 5.91 Å². The van der Waals surface area contributed by atoms with Crippen molar-refractivity contribution >= 4 is 23.4 Å². The minimum absolute atomic E-state index is 0.0489. The molecule has 0 aliphatic carbocycles. The van der Waals surface area contributed by atoms with Gasteiger partial charge < -0.3 is 9.47 Å². The molecule has 2 aromatic carbocycles. The van der Waals surface area contributed by atoms with Gasteiger partial charge in [-0.05, 0) is 42.3 Å². The molecule has 4 rings (SSSR count). The smallest absolute Gasteiger partial charge is 0.312 e. The zero-order valence-electron chi connectivity index (χ0n) is 15.9. The third-order valence-corrected chi connectivity index (χ3v) is 6.16. The summed E-state index contributed by atoms with van der Waals surface area (Å²) >= 11 is 1.40. The molecule has 156 valence electrons. The molecule has 0 bridgehead atoms. The Labute approximate surface area is 173 Å². The van der Waals surface area contributed by atoms with Gasteiger partial charge in [0.1, 0.15) is 12.1 Å². The molecule has 30 heavy (non-hydrogen) atoms. The number of fused-ring (bicyclic) bond motifs is 1. The van der Waals surface area contributed by atoms with Gasteiger partial charge in [0.15, 0.2) is 5.16 Å². The highest BCUT2D eigenvalue weighted by Gasteiger charge is 2.40. The van der Waals surface area contributed by atoms with Crippen LogP contribution in [0.3, 0.4) is 0 Å². The van der Waals surface area contributed by atoms with Gasteiger partial charge in [0.2, 0.25) is 0 Å². The predicted octanol–water partition coefficient (Wildman–Crippen LogP) is 4.99. The third kappa shape index (κ3) is 3.55. The number of carbonyl (C=O) groups excluding carboxylic acids is 1. The molecule has 1 aliphatic rings. The second kappa shape index (κ2) is 7.42. The van der Waals surface area contributed by atoms with Gasteiger partial charge in [0, 0.05) is 17.9 Å². The summed E-state index contributed by atoms with van der Waals surface area (Å²) in [7, 11) is 1.80. The van der Waals surface area contributed by atoms with Gasteiger partial charge in [-0.2, -0.15) is 13.2 Å². The minimum atomic E-state index is -4.59. The van der Waals surface area contributed by atoms with Gasteiger partial charge in [0.05, 0.1) is 17.8 Å². The van der Waals surface area contributed by atoms with Crippen molar-refractivity contribution in [2.75, 3.05) is 4.90 Å². The standard InChI is InChI=1S/C20H16F4N4OS/c1-11(30-19-26-25-10-27(19)2)12-6-7-16(21)17(8-12)28-9-14-13(18(28)29)4-3-5-15(14)20(22,23)24/h3-8,10-11H,9H2,1-2H3/t11-/m0/s1. The Bertz CT molecular complexity index is 1130. The first-order valence-electron chi connectivity index (χ1n) is 8.98. The van der Waals surface area contributed by atoms with Crippen LogP contribution in [0.1, 0.15) is 39.2 Å². The van der Waals surface area contributed by atoms with Crippen molar-refractivity contribution in [1.29, 1.82) is 0 Å². The van der Waals surface area contributed by atoms with Crippen molar-refractivity contribution < 1.29 is 22.4 Å². The number of halogens is 4. The van der Waals surface area contributed by atoms with Crippen LogP contribution in [0.15, 0.2) is 47.9 Å².